The van der Waals surface area contributed by atoms with E-state index in [9.17, 15) is 14.7 Å². The maximum absolute atomic E-state index is 13.2. The van der Waals surface area contributed by atoms with Crippen LogP contribution in [0, 0.1) is 13.8 Å². The van der Waals surface area contributed by atoms with Gasteiger partial charge in [-0.3, -0.25) is 14.5 Å². The minimum atomic E-state index is -0.812. The van der Waals surface area contributed by atoms with Gasteiger partial charge in [0.2, 0.25) is 5.78 Å². The molecular formula is C24H18N2O4S. The van der Waals surface area contributed by atoms with Crippen LogP contribution in [0.5, 0.6) is 0 Å². The highest BCUT2D eigenvalue weighted by Crippen LogP contribution is 2.44. The molecule has 1 amide bonds. The number of carbonyl (C=O) groups excluding carboxylic acids is 2. The lowest BCUT2D eigenvalue weighted by Crippen LogP contribution is -2.30. The largest absolute Gasteiger partial charge is 0.503 e. The number of carbonyl (C=O) groups is 2. The van der Waals surface area contributed by atoms with E-state index < -0.39 is 23.5 Å². The van der Waals surface area contributed by atoms with Crippen molar-refractivity contribution in [2.75, 3.05) is 4.90 Å². The molecule has 31 heavy (non-hydrogen) atoms. The van der Waals surface area contributed by atoms with Crippen LogP contribution in [0.4, 0.5) is 5.13 Å². The molecule has 0 saturated carbocycles. The Bertz CT molecular complexity index is 1350. The first kappa shape index (κ1) is 19.3. The zero-order chi connectivity index (χ0) is 21.7. The van der Waals surface area contributed by atoms with Crippen molar-refractivity contribution in [1.29, 1.82) is 0 Å². The number of aliphatic hydroxyl groups is 1. The van der Waals surface area contributed by atoms with Crippen LogP contribution in [0.3, 0.4) is 0 Å². The molecule has 1 aliphatic heterocycles. The van der Waals surface area contributed by atoms with Crippen LogP contribution in [0.1, 0.15) is 33.3 Å². The number of thiazole rings is 1. The predicted octanol–water partition coefficient (Wildman–Crippen LogP) is 5.29. The summed E-state index contributed by atoms with van der Waals surface area (Å²) in [7, 11) is 0. The van der Waals surface area contributed by atoms with Crippen molar-refractivity contribution in [3.63, 3.8) is 0 Å². The van der Waals surface area contributed by atoms with Crippen molar-refractivity contribution in [3.05, 3.63) is 94.6 Å². The number of hydrogen-bond acceptors (Lipinski definition) is 6. The van der Waals surface area contributed by atoms with Crippen molar-refractivity contribution < 1.29 is 19.1 Å². The first-order valence-electron chi connectivity index (χ1n) is 9.73. The van der Waals surface area contributed by atoms with Crippen LogP contribution in [0.15, 0.2) is 76.6 Å². The van der Waals surface area contributed by atoms with Crippen LogP contribution >= 0.6 is 11.3 Å². The number of rotatable bonds is 4. The third-order valence-electron chi connectivity index (χ3n) is 5.34. The van der Waals surface area contributed by atoms with Crippen molar-refractivity contribution >= 4 is 38.4 Å². The lowest BCUT2D eigenvalue weighted by Gasteiger charge is -2.24. The Morgan fingerprint density at radius 3 is 2.61 bits per heavy atom. The van der Waals surface area contributed by atoms with Crippen molar-refractivity contribution in [2.45, 2.75) is 19.9 Å². The topological polar surface area (TPSA) is 83.6 Å². The lowest BCUT2D eigenvalue weighted by molar-refractivity contribution is -0.117. The lowest BCUT2D eigenvalue weighted by atomic mass is 9.95. The first-order valence-corrected chi connectivity index (χ1v) is 10.5. The molecule has 3 heterocycles. The molecule has 5 rings (SSSR count). The molecule has 7 heteroatoms. The molecule has 0 fully saturated rings. The number of ketones is 1. The Labute approximate surface area is 182 Å². The molecule has 2 aromatic carbocycles. The van der Waals surface area contributed by atoms with Gasteiger partial charge in [0.15, 0.2) is 16.7 Å². The van der Waals surface area contributed by atoms with Gasteiger partial charge in [-0.2, -0.15) is 0 Å². The van der Waals surface area contributed by atoms with Gasteiger partial charge in [0, 0.05) is 0 Å². The number of aromatic nitrogens is 1. The van der Waals surface area contributed by atoms with Crippen molar-refractivity contribution in [1.82, 2.24) is 4.98 Å². The Morgan fingerprint density at radius 1 is 1.13 bits per heavy atom. The Morgan fingerprint density at radius 2 is 1.90 bits per heavy atom. The standard InChI is InChI=1S/C24H18N2O4S/c1-13-11-14(2)19-17(12-13)31-24(25-19)26-20(15-7-4-3-5-8-15)18(22(28)23(26)29)21(27)16-9-6-10-30-16/h3-12,20,28H,1-2H3. The fourth-order valence-corrected chi connectivity index (χ4v) is 5.16. The summed E-state index contributed by atoms with van der Waals surface area (Å²) in [6.45, 7) is 3.98. The quantitative estimate of drug-likeness (QED) is 0.445. The number of Topliss-reactive ketones (excluding diaryl/α,β-unsaturated/α-hetero) is 1. The minimum absolute atomic E-state index is 0.0155. The number of hydrogen-bond donors (Lipinski definition) is 1. The summed E-state index contributed by atoms with van der Waals surface area (Å²) >= 11 is 1.36. The second-order valence-electron chi connectivity index (χ2n) is 7.48. The predicted molar refractivity (Wildman–Crippen MR) is 118 cm³/mol. The molecule has 0 spiro atoms. The zero-order valence-corrected chi connectivity index (χ0v) is 17.6. The van der Waals surface area contributed by atoms with Crippen LogP contribution in [-0.4, -0.2) is 21.8 Å². The number of fused-ring (bicyclic) bond motifs is 1. The Hall–Kier alpha value is -3.71. The summed E-state index contributed by atoms with van der Waals surface area (Å²) in [6.07, 6.45) is 1.38. The van der Waals surface area contributed by atoms with Gasteiger partial charge in [0.1, 0.15) is 0 Å². The van der Waals surface area contributed by atoms with Gasteiger partial charge < -0.3 is 9.52 Å². The van der Waals surface area contributed by atoms with Crippen LogP contribution in [0.25, 0.3) is 10.2 Å². The summed E-state index contributed by atoms with van der Waals surface area (Å²) in [6, 6.07) is 15.5. The number of benzene rings is 2. The van der Waals surface area contributed by atoms with Crippen LogP contribution in [-0.2, 0) is 4.79 Å². The Kier molecular flexibility index (Phi) is 4.48. The highest BCUT2D eigenvalue weighted by molar-refractivity contribution is 7.22. The highest BCUT2D eigenvalue weighted by Gasteiger charge is 2.46. The zero-order valence-electron chi connectivity index (χ0n) is 16.8. The molecule has 2 aromatic heterocycles. The first-order chi connectivity index (χ1) is 15.0. The molecule has 154 valence electrons. The number of nitrogens with zero attached hydrogens (tertiary/aromatic N) is 2. The van der Waals surface area contributed by atoms with Gasteiger partial charge in [-0.05, 0) is 48.7 Å². The van der Waals surface area contributed by atoms with E-state index in [0.29, 0.717) is 10.7 Å². The summed E-state index contributed by atoms with van der Waals surface area (Å²) in [4.78, 5) is 32.5. The maximum atomic E-state index is 13.2. The molecule has 1 N–H and O–H groups in total. The summed E-state index contributed by atoms with van der Waals surface area (Å²) in [5, 5.41) is 11.2. The molecule has 0 bridgehead atoms. The SMILES string of the molecule is Cc1cc(C)c2nc(N3C(=O)C(O)=C(C(=O)c4ccco4)C3c3ccccc3)sc2c1. The fourth-order valence-electron chi connectivity index (χ4n) is 3.99. The van der Waals surface area contributed by atoms with E-state index in [4.69, 9.17) is 9.40 Å². The molecule has 0 radical (unpaired) electrons. The maximum Gasteiger partial charge on any atom is 0.296 e. The van der Waals surface area contributed by atoms with Gasteiger partial charge in [-0.15, -0.1) is 0 Å². The molecule has 1 aliphatic rings. The summed E-state index contributed by atoms with van der Waals surface area (Å²) < 4.78 is 6.20. The van der Waals surface area contributed by atoms with E-state index in [0.717, 1.165) is 21.3 Å². The number of anilines is 1. The van der Waals surface area contributed by atoms with Crippen LogP contribution in [0.2, 0.25) is 0 Å². The molecule has 0 saturated heterocycles. The third-order valence-corrected chi connectivity index (χ3v) is 6.34. The van der Waals surface area contributed by atoms with Gasteiger partial charge in [-0.1, -0.05) is 47.7 Å². The average Bonchev–Trinajstić information content (AvgIpc) is 3.48. The molecular weight excluding hydrogens is 412 g/mol. The number of amides is 1. The van der Waals surface area contributed by atoms with E-state index in [-0.39, 0.29) is 11.3 Å². The van der Waals surface area contributed by atoms with Gasteiger partial charge in [0.25, 0.3) is 5.91 Å². The van der Waals surface area contributed by atoms with Crippen molar-refractivity contribution in [2.24, 2.45) is 0 Å². The second kappa shape index (κ2) is 7.21. The monoisotopic (exact) mass is 430 g/mol. The molecule has 1 atom stereocenters. The molecule has 0 aliphatic carbocycles. The van der Waals surface area contributed by atoms with E-state index in [1.807, 2.05) is 56.3 Å². The van der Waals surface area contributed by atoms with Gasteiger partial charge in [0.05, 0.1) is 28.1 Å². The third kappa shape index (κ3) is 3.05. The van der Waals surface area contributed by atoms with Crippen molar-refractivity contribution in [3.8, 4) is 0 Å². The highest BCUT2D eigenvalue weighted by atomic mass is 32.1. The Balaban J connectivity index is 1.69. The van der Waals surface area contributed by atoms with Gasteiger partial charge in [-0.25, -0.2) is 4.98 Å². The van der Waals surface area contributed by atoms with E-state index >= 15 is 0 Å². The second-order valence-corrected chi connectivity index (χ2v) is 8.49. The molecule has 4 aromatic rings. The number of aryl methyl sites for hydroxylation is 2. The smallest absolute Gasteiger partial charge is 0.296 e. The molecule has 6 nitrogen and oxygen atoms in total. The minimum Gasteiger partial charge on any atom is -0.503 e. The molecule has 1 unspecified atom stereocenters. The van der Waals surface area contributed by atoms with E-state index in [1.165, 1.54) is 28.6 Å². The summed E-state index contributed by atoms with van der Waals surface area (Å²) in [5.74, 6) is -1.70. The van der Waals surface area contributed by atoms with E-state index in [2.05, 4.69) is 0 Å². The van der Waals surface area contributed by atoms with E-state index in [1.54, 1.807) is 6.07 Å². The fraction of sp³-hybridized carbons (Fsp3) is 0.125. The summed E-state index contributed by atoms with van der Waals surface area (Å²) in [5.41, 5.74) is 3.59. The normalized spacial score (nSPS) is 16.5. The van der Waals surface area contributed by atoms with Crippen LogP contribution < -0.4 is 4.90 Å². The average molecular weight is 430 g/mol. The van der Waals surface area contributed by atoms with Gasteiger partial charge >= 0.3 is 0 Å². The number of furan rings is 1. The number of aliphatic hydroxyl groups excluding tert-OH is 1.